The molecule has 0 aromatic carbocycles. The number of methoxy groups -OCH3 is 1. The van der Waals surface area contributed by atoms with E-state index in [1.165, 1.54) is 7.11 Å². The molecule has 0 unspecified atom stereocenters. The summed E-state index contributed by atoms with van der Waals surface area (Å²) >= 11 is 0. The molecule has 0 N–H and O–H groups in total. The van der Waals surface area contributed by atoms with Crippen molar-refractivity contribution in [2.75, 3.05) is 7.11 Å². The van der Waals surface area contributed by atoms with Gasteiger partial charge in [-0.25, -0.2) is 4.39 Å². The normalized spacial score (nSPS) is 10.7. The van der Waals surface area contributed by atoms with Crippen molar-refractivity contribution in [3.05, 3.63) is 36.9 Å². The van der Waals surface area contributed by atoms with E-state index in [0.717, 1.165) is 12.2 Å². The van der Waals surface area contributed by atoms with E-state index in [1.54, 1.807) is 0 Å². The molecule has 0 aromatic rings. The number of halogens is 1. The number of rotatable bonds is 3. The van der Waals surface area contributed by atoms with Gasteiger partial charge < -0.3 is 4.74 Å². The zero-order valence-corrected chi connectivity index (χ0v) is 5.36. The van der Waals surface area contributed by atoms with Gasteiger partial charge in [-0.15, -0.1) is 0 Å². The summed E-state index contributed by atoms with van der Waals surface area (Å²) in [7, 11) is 1.43. The fourth-order valence-corrected chi connectivity index (χ4v) is 0.272. The largest absolute Gasteiger partial charge is 0.497 e. The van der Waals surface area contributed by atoms with Gasteiger partial charge in [0.25, 0.3) is 0 Å². The molecule has 1 nitrogen and oxygen atoms in total. The van der Waals surface area contributed by atoms with Gasteiger partial charge in [0.05, 0.1) is 7.11 Å². The lowest BCUT2D eigenvalue weighted by molar-refractivity contribution is 0.307. The SMILES string of the molecule is C=CC(F)=CC(=C)OC. The van der Waals surface area contributed by atoms with Crippen LogP contribution in [0.1, 0.15) is 0 Å². The van der Waals surface area contributed by atoms with Gasteiger partial charge in [0.15, 0.2) is 0 Å². The third kappa shape index (κ3) is 3.53. The molecule has 0 fully saturated rings. The molecule has 9 heavy (non-hydrogen) atoms. The van der Waals surface area contributed by atoms with Crippen LogP contribution in [-0.2, 0) is 4.74 Å². The Labute approximate surface area is 54.1 Å². The summed E-state index contributed by atoms with van der Waals surface area (Å²) in [6, 6.07) is 0. The minimum Gasteiger partial charge on any atom is -0.497 e. The molecule has 0 saturated carbocycles. The first-order valence-corrected chi connectivity index (χ1v) is 2.43. The fourth-order valence-electron chi connectivity index (χ4n) is 0.272. The fraction of sp³-hybridized carbons (Fsp3) is 0.143. The monoisotopic (exact) mass is 128 g/mol. The minimum atomic E-state index is -0.443. The van der Waals surface area contributed by atoms with E-state index < -0.39 is 5.83 Å². The predicted octanol–water partition coefficient (Wildman–Crippen LogP) is 2.19. The van der Waals surface area contributed by atoms with Crippen molar-refractivity contribution in [1.29, 1.82) is 0 Å². The van der Waals surface area contributed by atoms with Gasteiger partial charge in [-0.2, -0.15) is 0 Å². The maximum Gasteiger partial charge on any atom is 0.126 e. The van der Waals surface area contributed by atoms with Crippen molar-refractivity contribution < 1.29 is 9.13 Å². The Balaban J connectivity index is 3.94. The van der Waals surface area contributed by atoms with Gasteiger partial charge in [-0.05, 0) is 6.08 Å². The predicted molar refractivity (Wildman–Crippen MR) is 35.5 cm³/mol. The summed E-state index contributed by atoms with van der Waals surface area (Å²) < 4.78 is 16.7. The minimum absolute atomic E-state index is 0.285. The van der Waals surface area contributed by atoms with E-state index in [4.69, 9.17) is 0 Å². The van der Waals surface area contributed by atoms with E-state index in [1.807, 2.05) is 0 Å². The lowest BCUT2D eigenvalue weighted by Crippen LogP contribution is -1.77. The number of hydrogen-bond donors (Lipinski definition) is 0. The van der Waals surface area contributed by atoms with E-state index in [0.29, 0.717) is 0 Å². The molecule has 0 bridgehead atoms. The molecule has 0 rings (SSSR count). The van der Waals surface area contributed by atoms with Crippen LogP contribution in [0.25, 0.3) is 0 Å². The molecule has 0 atom stereocenters. The van der Waals surface area contributed by atoms with E-state index >= 15 is 0 Å². The average molecular weight is 128 g/mol. The molecular formula is C7H9FO. The Bertz CT molecular complexity index is 147. The standard InChI is InChI=1S/C7H9FO/c1-4-7(8)5-6(2)9-3/h4-5H,1-2H2,3H3. The molecule has 0 radical (unpaired) electrons. The van der Waals surface area contributed by atoms with E-state index in [9.17, 15) is 4.39 Å². The zero-order valence-electron chi connectivity index (χ0n) is 5.36. The highest BCUT2D eigenvalue weighted by Crippen LogP contribution is 2.02. The van der Waals surface area contributed by atoms with Crippen molar-refractivity contribution in [3.8, 4) is 0 Å². The summed E-state index contributed by atoms with van der Waals surface area (Å²) in [4.78, 5) is 0. The van der Waals surface area contributed by atoms with Crippen LogP contribution < -0.4 is 0 Å². The Morgan fingerprint density at radius 1 is 1.67 bits per heavy atom. The summed E-state index contributed by atoms with van der Waals surface area (Å²) in [5, 5.41) is 0. The zero-order chi connectivity index (χ0) is 7.28. The molecule has 0 saturated heterocycles. The van der Waals surface area contributed by atoms with Crippen molar-refractivity contribution in [1.82, 2.24) is 0 Å². The van der Waals surface area contributed by atoms with Crippen molar-refractivity contribution >= 4 is 0 Å². The first kappa shape index (κ1) is 7.95. The maximum atomic E-state index is 12.2. The van der Waals surface area contributed by atoms with E-state index in [2.05, 4.69) is 17.9 Å². The number of allylic oxidation sites excluding steroid dienone is 3. The third-order valence-electron chi connectivity index (χ3n) is 0.756. The molecule has 0 amide bonds. The van der Waals surface area contributed by atoms with Crippen LogP contribution in [0.5, 0.6) is 0 Å². The summed E-state index contributed by atoms with van der Waals surface area (Å²) in [5.41, 5.74) is 0. The first-order valence-electron chi connectivity index (χ1n) is 2.43. The van der Waals surface area contributed by atoms with Crippen LogP contribution >= 0.6 is 0 Å². The maximum absolute atomic E-state index is 12.2. The Morgan fingerprint density at radius 2 is 2.22 bits per heavy atom. The quantitative estimate of drug-likeness (QED) is 0.418. The summed E-state index contributed by atoms with van der Waals surface area (Å²) in [5.74, 6) is -0.158. The topological polar surface area (TPSA) is 9.23 Å². The number of hydrogen-bond acceptors (Lipinski definition) is 1. The Hall–Kier alpha value is -1.05. The summed E-state index contributed by atoms with van der Waals surface area (Å²) in [6.45, 7) is 6.58. The molecular weight excluding hydrogens is 119 g/mol. The van der Waals surface area contributed by atoms with Crippen molar-refractivity contribution in [3.63, 3.8) is 0 Å². The molecule has 0 heterocycles. The first-order chi connectivity index (χ1) is 4.20. The van der Waals surface area contributed by atoms with Crippen LogP contribution in [-0.4, -0.2) is 7.11 Å². The van der Waals surface area contributed by atoms with Gasteiger partial charge in [0.1, 0.15) is 11.6 Å². The second kappa shape index (κ2) is 3.89. The van der Waals surface area contributed by atoms with Crippen molar-refractivity contribution in [2.45, 2.75) is 0 Å². The van der Waals surface area contributed by atoms with Crippen molar-refractivity contribution in [2.24, 2.45) is 0 Å². The number of ether oxygens (including phenoxy) is 1. The summed E-state index contributed by atoms with van der Waals surface area (Å²) in [6.07, 6.45) is 2.25. The Morgan fingerprint density at radius 3 is 2.56 bits per heavy atom. The lowest BCUT2D eigenvalue weighted by Gasteiger charge is -1.94. The van der Waals surface area contributed by atoms with Crippen LogP contribution in [0.4, 0.5) is 4.39 Å². The lowest BCUT2D eigenvalue weighted by atomic mass is 10.4. The average Bonchev–Trinajstić information content (AvgIpc) is 1.87. The molecule has 0 aliphatic rings. The van der Waals surface area contributed by atoms with Gasteiger partial charge in [-0.3, -0.25) is 0 Å². The molecule has 0 aliphatic heterocycles. The van der Waals surface area contributed by atoms with Crippen LogP contribution in [0.15, 0.2) is 36.9 Å². The second-order valence-corrected chi connectivity index (χ2v) is 1.40. The molecule has 50 valence electrons. The van der Waals surface area contributed by atoms with Gasteiger partial charge in [0.2, 0.25) is 0 Å². The van der Waals surface area contributed by atoms with Crippen LogP contribution in [0.2, 0.25) is 0 Å². The second-order valence-electron chi connectivity index (χ2n) is 1.40. The molecule has 2 heteroatoms. The highest BCUT2D eigenvalue weighted by atomic mass is 19.1. The van der Waals surface area contributed by atoms with Crippen LogP contribution in [0, 0.1) is 0 Å². The Kier molecular flexibility index (Phi) is 3.44. The molecule has 0 aromatic heterocycles. The van der Waals surface area contributed by atoms with Gasteiger partial charge in [0, 0.05) is 6.08 Å². The van der Waals surface area contributed by atoms with Crippen LogP contribution in [0.3, 0.4) is 0 Å². The smallest absolute Gasteiger partial charge is 0.126 e. The third-order valence-corrected chi connectivity index (χ3v) is 0.756. The highest BCUT2D eigenvalue weighted by Gasteiger charge is 1.87. The molecule has 0 spiro atoms. The highest BCUT2D eigenvalue weighted by molar-refractivity contribution is 5.18. The van der Waals surface area contributed by atoms with E-state index in [-0.39, 0.29) is 5.76 Å². The van der Waals surface area contributed by atoms with Gasteiger partial charge >= 0.3 is 0 Å². The van der Waals surface area contributed by atoms with Gasteiger partial charge in [-0.1, -0.05) is 13.2 Å². The molecule has 0 aliphatic carbocycles.